The van der Waals surface area contributed by atoms with Crippen LogP contribution in [0.2, 0.25) is 0 Å². The molecule has 0 fully saturated rings. The molecule has 144 valence electrons. The number of esters is 1. The Bertz CT molecular complexity index is 888. The molecule has 0 aliphatic heterocycles. The molecule has 0 amide bonds. The van der Waals surface area contributed by atoms with E-state index >= 15 is 0 Å². The first-order chi connectivity index (χ1) is 12.2. The molecule has 1 heterocycles. The zero-order valence-corrected chi connectivity index (χ0v) is 16.6. The minimum Gasteiger partial charge on any atom is -0.465 e. The fraction of sp³-hybridized carbons (Fsp3) is 0.529. The van der Waals surface area contributed by atoms with Gasteiger partial charge < -0.3 is 9.64 Å². The SMILES string of the molecule is COC(=O)c1cc(S(=O)(=O)NCCCN(C)C)cc2c1cnn2C(C)C. The molecule has 0 atom stereocenters. The van der Waals surface area contributed by atoms with Crippen molar-refractivity contribution in [3.05, 3.63) is 23.9 Å². The van der Waals surface area contributed by atoms with E-state index < -0.39 is 16.0 Å². The summed E-state index contributed by atoms with van der Waals surface area (Å²) in [7, 11) is 1.37. The third-order valence-electron chi connectivity index (χ3n) is 3.97. The van der Waals surface area contributed by atoms with Gasteiger partial charge in [-0.25, -0.2) is 17.9 Å². The number of hydrogen-bond donors (Lipinski definition) is 1. The van der Waals surface area contributed by atoms with Crippen molar-refractivity contribution < 1.29 is 17.9 Å². The van der Waals surface area contributed by atoms with Crippen molar-refractivity contribution in [2.75, 3.05) is 34.3 Å². The highest BCUT2D eigenvalue weighted by Crippen LogP contribution is 2.26. The van der Waals surface area contributed by atoms with E-state index in [-0.39, 0.29) is 16.5 Å². The highest BCUT2D eigenvalue weighted by Gasteiger charge is 2.22. The summed E-state index contributed by atoms with van der Waals surface area (Å²) in [5.41, 5.74) is 0.766. The molecule has 0 unspecified atom stereocenters. The summed E-state index contributed by atoms with van der Waals surface area (Å²) in [4.78, 5) is 14.1. The van der Waals surface area contributed by atoms with E-state index in [0.717, 1.165) is 6.54 Å². The number of sulfonamides is 1. The van der Waals surface area contributed by atoms with Crippen LogP contribution >= 0.6 is 0 Å². The van der Waals surface area contributed by atoms with E-state index in [2.05, 4.69) is 9.82 Å². The molecule has 0 aliphatic carbocycles. The van der Waals surface area contributed by atoms with Crippen molar-refractivity contribution in [2.24, 2.45) is 0 Å². The maximum atomic E-state index is 12.7. The number of methoxy groups -OCH3 is 1. The molecule has 0 spiro atoms. The fourth-order valence-corrected chi connectivity index (χ4v) is 3.77. The number of benzene rings is 1. The van der Waals surface area contributed by atoms with Crippen LogP contribution in [0.4, 0.5) is 0 Å². The summed E-state index contributed by atoms with van der Waals surface area (Å²) >= 11 is 0. The van der Waals surface area contributed by atoms with Crippen LogP contribution in [0, 0.1) is 0 Å². The Labute approximate surface area is 154 Å². The molecule has 1 N–H and O–H groups in total. The lowest BCUT2D eigenvalue weighted by molar-refractivity contribution is 0.0602. The summed E-state index contributed by atoms with van der Waals surface area (Å²) in [5, 5.41) is 4.85. The number of rotatable bonds is 8. The molecule has 0 saturated heterocycles. The Morgan fingerprint density at radius 2 is 2.04 bits per heavy atom. The molecular formula is C17H26N4O4S. The number of carbonyl (C=O) groups excluding carboxylic acids is 1. The first-order valence-electron chi connectivity index (χ1n) is 8.41. The van der Waals surface area contributed by atoms with E-state index in [1.54, 1.807) is 16.9 Å². The zero-order chi connectivity index (χ0) is 19.5. The molecule has 9 heteroatoms. The van der Waals surface area contributed by atoms with Gasteiger partial charge in [-0.1, -0.05) is 0 Å². The summed E-state index contributed by atoms with van der Waals surface area (Å²) in [6.07, 6.45) is 2.24. The van der Waals surface area contributed by atoms with E-state index in [9.17, 15) is 13.2 Å². The third-order valence-corrected chi connectivity index (χ3v) is 5.41. The maximum absolute atomic E-state index is 12.7. The van der Waals surface area contributed by atoms with E-state index in [4.69, 9.17) is 4.74 Å². The van der Waals surface area contributed by atoms with Crippen LogP contribution < -0.4 is 4.72 Å². The number of aromatic nitrogens is 2. The summed E-state index contributed by atoms with van der Waals surface area (Å²) in [6.45, 7) is 4.96. The predicted molar refractivity (Wildman–Crippen MR) is 99.8 cm³/mol. The number of nitrogens with zero attached hydrogens (tertiary/aromatic N) is 3. The molecule has 0 radical (unpaired) electrons. The Kier molecular flexibility index (Phi) is 6.38. The third kappa shape index (κ3) is 4.40. The highest BCUT2D eigenvalue weighted by molar-refractivity contribution is 7.89. The number of hydrogen-bond acceptors (Lipinski definition) is 6. The van der Waals surface area contributed by atoms with Gasteiger partial charge in [0.05, 0.1) is 29.3 Å². The van der Waals surface area contributed by atoms with Crippen molar-refractivity contribution in [1.82, 2.24) is 19.4 Å². The molecule has 0 bridgehead atoms. The van der Waals surface area contributed by atoms with Crippen molar-refractivity contribution in [3.63, 3.8) is 0 Å². The highest BCUT2D eigenvalue weighted by atomic mass is 32.2. The molecule has 2 rings (SSSR count). The molecule has 8 nitrogen and oxygen atoms in total. The minimum absolute atomic E-state index is 0.0176. The largest absolute Gasteiger partial charge is 0.465 e. The number of fused-ring (bicyclic) bond motifs is 1. The Hall–Kier alpha value is -1.97. The van der Waals surface area contributed by atoms with Crippen LogP contribution in [0.3, 0.4) is 0 Å². The number of ether oxygens (including phenoxy) is 1. The van der Waals surface area contributed by atoms with Gasteiger partial charge in [0.2, 0.25) is 10.0 Å². The normalized spacial score (nSPS) is 12.3. The predicted octanol–water partition coefficient (Wildman–Crippen LogP) is 1.63. The van der Waals surface area contributed by atoms with Gasteiger partial charge in [0.25, 0.3) is 0 Å². The quantitative estimate of drug-likeness (QED) is 0.551. The van der Waals surface area contributed by atoms with Crippen LogP contribution in [-0.2, 0) is 14.8 Å². The van der Waals surface area contributed by atoms with Crippen molar-refractivity contribution in [1.29, 1.82) is 0 Å². The summed E-state index contributed by atoms with van der Waals surface area (Å²) in [6, 6.07) is 2.90. The monoisotopic (exact) mass is 382 g/mol. The zero-order valence-electron chi connectivity index (χ0n) is 15.8. The van der Waals surface area contributed by atoms with Gasteiger partial charge in [-0.05, 0) is 53.0 Å². The maximum Gasteiger partial charge on any atom is 0.338 e. The lowest BCUT2D eigenvalue weighted by atomic mass is 10.1. The van der Waals surface area contributed by atoms with Gasteiger partial charge in [0.1, 0.15) is 0 Å². The molecule has 0 aliphatic rings. The van der Waals surface area contributed by atoms with Gasteiger partial charge in [-0.15, -0.1) is 0 Å². The average Bonchev–Trinajstić information content (AvgIpc) is 3.01. The molecular weight excluding hydrogens is 356 g/mol. The second kappa shape index (κ2) is 8.15. The Morgan fingerprint density at radius 3 is 2.62 bits per heavy atom. The van der Waals surface area contributed by atoms with E-state index in [1.807, 2.05) is 32.8 Å². The smallest absolute Gasteiger partial charge is 0.338 e. The van der Waals surface area contributed by atoms with Crippen molar-refractivity contribution >= 4 is 26.9 Å². The van der Waals surface area contributed by atoms with Gasteiger partial charge in [-0.2, -0.15) is 5.10 Å². The van der Waals surface area contributed by atoms with Gasteiger partial charge in [-0.3, -0.25) is 4.68 Å². The lowest BCUT2D eigenvalue weighted by Gasteiger charge is -2.13. The molecule has 2 aromatic rings. The van der Waals surface area contributed by atoms with Crippen molar-refractivity contribution in [3.8, 4) is 0 Å². The van der Waals surface area contributed by atoms with Crippen LogP contribution in [0.5, 0.6) is 0 Å². The van der Waals surface area contributed by atoms with Crippen LogP contribution in [0.25, 0.3) is 10.9 Å². The number of carbonyl (C=O) groups is 1. The van der Waals surface area contributed by atoms with E-state index in [1.165, 1.54) is 13.2 Å². The topological polar surface area (TPSA) is 93.5 Å². The Morgan fingerprint density at radius 1 is 1.35 bits per heavy atom. The number of nitrogens with one attached hydrogen (secondary N) is 1. The van der Waals surface area contributed by atoms with E-state index in [0.29, 0.717) is 23.9 Å². The average molecular weight is 382 g/mol. The molecule has 0 saturated carbocycles. The molecule has 1 aromatic carbocycles. The van der Waals surface area contributed by atoms with Gasteiger partial charge in [0, 0.05) is 18.0 Å². The standard InChI is InChI=1S/C17H26N4O4S/c1-12(2)21-16-10-13(26(23,24)19-7-6-8-20(3)4)9-14(17(22)25-5)15(16)11-18-21/h9-12,19H,6-8H2,1-5H3. The van der Waals surface area contributed by atoms with Crippen LogP contribution in [0.15, 0.2) is 23.2 Å². The van der Waals surface area contributed by atoms with Crippen molar-refractivity contribution in [2.45, 2.75) is 31.2 Å². The van der Waals surface area contributed by atoms with Gasteiger partial charge in [0.15, 0.2) is 0 Å². The lowest BCUT2D eigenvalue weighted by Crippen LogP contribution is -2.27. The first kappa shape index (κ1) is 20.3. The first-order valence-corrected chi connectivity index (χ1v) is 9.89. The second-order valence-corrected chi connectivity index (χ2v) is 8.40. The summed E-state index contributed by atoms with van der Waals surface area (Å²) < 4.78 is 34.4. The van der Waals surface area contributed by atoms with Crippen LogP contribution in [-0.4, -0.2) is 63.4 Å². The molecule has 1 aromatic heterocycles. The summed E-state index contributed by atoms with van der Waals surface area (Å²) in [5.74, 6) is -0.594. The minimum atomic E-state index is -3.75. The molecule has 26 heavy (non-hydrogen) atoms. The second-order valence-electron chi connectivity index (χ2n) is 6.63. The fourth-order valence-electron chi connectivity index (χ4n) is 2.65. The van der Waals surface area contributed by atoms with Gasteiger partial charge >= 0.3 is 5.97 Å². The Balaban J connectivity index is 2.46. The van der Waals surface area contributed by atoms with Crippen LogP contribution in [0.1, 0.15) is 36.7 Å².